The van der Waals surface area contributed by atoms with Crippen LogP contribution >= 0.6 is 11.3 Å². The summed E-state index contributed by atoms with van der Waals surface area (Å²) < 4.78 is 26.7. The number of hydrogen-bond donors (Lipinski definition) is 1. The van der Waals surface area contributed by atoms with Crippen LogP contribution in [0.1, 0.15) is 5.56 Å². The van der Waals surface area contributed by atoms with Crippen molar-refractivity contribution in [1.82, 2.24) is 4.98 Å². The molecule has 4 rings (SSSR count). The van der Waals surface area contributed by atoms with Crippen molar-refractivity contribution < 1.29 is 13.6 Å². The van der Waals surface area contributed by atoms with E-state index >= 15 is 0 Å². The average molecular weight is 406 g/mol. The zero-order chi connectivity index (χ0) is 20.2. The Morgan fingerprint density at radius 1 is 0.931 bits per heavy atom. The molecule has 0 bridgehead atoms. The van der Waals surface area contributed by atoms with E-state index in [0.29, 0.717) is 5.69 Å². The predicted octanol–water partition coefficient (Wildman–Crippen LogP) is 5.94. The maximum Gasteiger partial charge on any atom is 0.228 e. The van der Waals surface area contributed by atoms with Crippen LogP contribution in [0, 0.1) is 11.6 Å². The summed E-state index contributed by atoms with van der Waals surface area (Å²) in [7, 11) is 0. The van der Waals surface area contributed by atoms with Crippen LogP contribution in [0.15, 0.2) is 78.2 Å². The van der Waals surface area contributed by atoms with Gasteiger partial charge in [0.2, 0.25) is 5.91 Å². The molecule has 29 heavy (non-hydrogen) atoms. The summed E-state index contributed by atoms with van der Waals surface area (Å²) in [6.07, 6.45) is -0.166. The van der Waals surface area contributed by atoms with Crippen molar-refractivity contribution in [2.75, 3.05) is 5.32 Å². The smallest absolute Gasteiger partial charge is 0.228 e. The third-order valence-corrected chi connectivity index (χ3v) is 5.25. The standard InChI is InChI=1S/C23H16F2N2OS/c24-18-9-6-17(20(25)13-18)12-22(28)26-19-10-7-15(8-11-19)21-14-29-23(27-21)16-4-2-1-3-5-16/h1-11,13-14H,12H2,(H,26,28). The fourth-order valence-electron chi connectivity index (χ4n) is 2.89. The normalized spacial score (nSPS) is 10.7. The summed E-state index contributed by atoms with van der Waals surface area (Å²) >= 11 is 1.57. The maximum absolute atomic E-state index is 13.7. The zero-order valence-electron chi connectivity index (χ0n) is 15.2. The van der Waals surface area contributed by atoms with Gasteiger partial charge in [-0.1, -0.05) is 48.5 Å². The second-order valence-corrected chi connectivity index (χ2v) is 7.30. The zero-order valence-corrected chi connectivity index (χ0v) is 16.0. The molecular formula is C23H16F2N2OS. The lowest BCUT2D eigenvalue weighted by molar-refractivity contribution is -0.115. The van der Waals surface area contributed by atoms with Crippen LogP contribution in [0.25, 0.3) is 21.8 Å². The third-order valence-electron chi connectivity index (χ3n) is 4.36. The Balaban J connectivity index is 1.43. The van der Waals surface area contributed by atoms with Crippen molar-refractivity contribution in [3.8, 4) is 21.8 Å². The molecule has 0 atom stereocenters. The Bertz CT molecular complexity index is 1140. The Hall–Kier alpha value is -3.38. The van der Waals surface area contributed by atoms with Crippen LogP contribution in [0.4, 0.5) is 14.5 Å². The van der Waals surface area contributed by atoms with Gasteiger partial charge in [-0.2, -0.15) is 0 Å². The molecular weight excluding hydrogens is 390 g/mol. The first-order valence-corrected chi connectivity index (χ1v) is 9.81. The van der Waals surface area contributed by atoms with Crippen molar-refractivity contribution in [2.45, 2.75) is 6.42 Å². The third kappa shape index (κ3) is 4.55. The number of carbonyl (C=O) groups is 1. The van der Waals surface area contributed by atoms with Gasteiger partial charge in [0.15, 0.2) is 0 Å². The van der Waals surface area contributed by atoms with Crippen LogP contribution < -0.4 is 5.32 Å². The van der Waals surface area contributed by atoms with Crippen molar-refractivity contribution >= 4 is 22.9 Å². The van der Waals surface area contributed by atoms with E-state index in [0.717, 1.165) is 34.0 Å². The molecule has 3 nitrogen and oxygen atoms in total. The largest absolute Gasteiger partial charge is 0.326 e. The van der Waals surface area contributed by atoms with E-state index in [4.69, 9.17) is 0 Å². The number of amides is 1. The van der Waals surface area contributed by atoms with Gasteiger partial charge in [0, 0.05) is 28.3 Å². The van der Waals surface area contributed by atoms with Gasteiger partial charge in [0.05, 0.1) is 12.1 Å². The molecule has 1 amide bonds. The van der Waals surface area contributed by atoms with Crippen LogP contribution in [0.5, 0.6) is 0 Å². The first-order valence-electron chi connectivity index (χ1n) is 8.93. The summed E-state index contributed by atoms with van der Waals surface area (Å²) in [4.78, 5) is 16.8. The SMILES string of the molecule is O=C(Cc1ccc(F)cc1F)Nc1ccc(-c2csc(-c3ccccc3)n2)cc1. The lowest BCUT2D eigenvalue weighted by atomic mass is 10.1. The van der Waals surface area contributed by atoms with Gasteiger partial charge in [0.25, 0.3) is 0 Å². The van der Waals surface area contributed by atoms with E-state index in [9.17, 15) is 13.6 Å². The van der Waals surface area contributed by atoms with E-state index in [2.05, 4.69) is 10.3 Å². The average Bonchev–Trinajstić information content (AvgIpc) is 3.22. The number of nitrogens with zero attached hydrogens (tertiary/aromatic N) is 1. The van der Waals surface area contributed by atoms with Gasteiger partial charge in [-0.3, -0.25) is 4.79 Å². The molecule has 0 unspecified atom stereocenters. The molecule has 0 aliphatic carbocycles. The van der Waals surface area contributed by atoms with Crippen molar-refractivity contribution in [2.24, 2.45) is 0 Å². The van der Waals surface area contributed by atoms with E-state index in [1.54, 1.807) is 23.5 Å². The molecule has 0 spiro atoms. The van der Waals surface area contributed by atoms with Gasteiger partial charge >= 0.3 is 0 Å². The number of nitrogens with one attached hydrogen (secondary N) is 1. The van der Waals surface area contributed by atoms with Crippen molar-refractivity contribution in [1.29, 1.82) is 0 Å². The second-order valence-electron chi connectivity index (χ2n) is 6.44. The minimum Gasteiger partial charge on any atom is -0.326 e. The molecule has 144 valence electrons. The maximum atomic E-state index is 13.7. The minimum atomic E-state index is -0.728. The lowest BCUT2D eigenvalue weighted by Crippen LogP contribution is -2.15. The van der Waals surface area contributed by atoms with Gasteiger partial charge in [-0.15, -0.1) is 11.3 Å². The minimum absolute atomic E-state index is 0.149. The summed E-state index contributed by atoms with van der Waals surface area (Å²) in [6, 6.07) is 20.4. The van der Waals surface area contributed by atoms with Gasteiger partial charge in [-0.05, 0) is 23.8 Å². The number of benzene rings is 3. The quantitative estimate of drug-likeness (QED) is 0.446. The summed E-state index contributed by atoms with van der Waals surface area (Å²) in [5.41, 5.74) is 3.61. The lowest BCUT2D eigenvalue weighted by Gasteiger charge is -2.07. The summed E-state index contributed by atoms with van der Waals surface area (Å²) in [5.74, 6) is -1.77. The molecule has 1 aromatic heterocycles. The van der Waals surface area contributed by atoms with Crippen LogP contribution in [-0.2, 0) is 11.2 Å². The highest BCUT2D eigenvalue weighted by Gasteiger charge is 2.10. The van der Waals surface area contributed by atoms with E-state index in [-0.39, 0.29) is 17.9 Å². The molecule has 0 aliphatic rings. The molecule has 0 fully saturated rings. The molecule has 0 aliphatic heterocycles. The number of thiazole rings is 1. The summed E-state index contributed by atoms with van der Waals surface area (Å²) in [5, 5.41) is 5.66. The first-order chi connectivity index (χ1) is 14.1. The van der Waals surface area contributed by atoms with Crippen LogP contribution in [0.2, 0.25) is 0 Å². The molecule has 0 saturated heterocycles. The van der Waals surface area contributed by atoms with Gasteiger partial charge < -0.3 is 5.32 Å². The van der Waals surface area contributed by atoms with Crippen molar-refractivity contribution in [3.05, 3.63) is 95.4 Å². The molecule has 0 radical (unpaired) electrons. The fourth-order valence-corrected chi connectivity index (χ4v) is 3.72. The fraction of sp³-hybridized carbons (Fsp3) is 0.0435. The molecule has 4 aromatic rings. The Kier molecular flexibility index (Phi) is 5.44. The van der Waals surface area contributed by atoms with Gasteiger partial charge in [-0.25, -0.2) is 13.8 Å². The van der Waals surface area contributed by atoms with Crippen LogP contribution in [-0.4, -0.2) is 10.9 Å². The number of anilines is 1. The number of carbonyl (C=O) groups excluding carboxylic acids is 1. The predicted molar refractivity (Wildman–Crippen MR) is 112 cm³/mol. The Labute approximate surface area is 170 Å². The molecule has 1 N–H and O–H groups in total. The van der Waals surface area contributed by atoms with E-state index < -0.39 is 11.6 Å². The molecule has 1 heterocycles. The van der Waals surface area contributed by atoms with E-state index in [1.807, 2.05) is 47.8 Å². The number of aromatic nitrogens is 1. The molecule has 0 saturated carbocycles. The monoisotopic (exact) mass is 406 g/mol. The Morgan fingerprint density at radius 2 is 1.69 bits per heavy atom. The molecule has 3 aromatic carbocycles. The highest BCUT2D eigenvalue weighted by Crippen LogP contribution is 2.29. The first kappa shape index (κ1) is 19.0. The van der Waals surface area contributed by atoms with Gasteiger partial charge in [0.1, 0.15) is 16.6 Å². The second kappa shape index (κ2) is 8.32. The topological polar surface area (TPSA) is 42.0 Å². The number of rotatable bonds is 5. The number of hydrogen-bond acceptors (Lipinski definition) is 3. The van der Waals surface area contributed by atoms with Crippen molar-refractivity contribution in [3.63, 3.8) is 0 Å². The highest BCUT2D eigenvalue weighted by atomic mass is 32.1. The number of halogens is 2. The highest BCUT2D eigenvalue weighted by molar-refractivity contribution is 7.13. The Morgan fingerprint density at radius 3 is 2.41 bits per heavy atom. The molecule has 6 heteroatoms. The van der Waals surface area contributed by atoms with Crippen LogP contribution in [0.3, 0.4) is 0 Å². The van der Waals surface area contributed by atoms with E-state index in [1.165, 1.54) is 6.07 Å². The summed E-state index contributed by atoms with van der Waals surface area (Å²) in [6.45, 7) is 0.